The number of urea groups is 1. The van der Waals surface area contributed by atoms with Gasteiger partial charge in [-0.1, -0.05) is 55.0 Å². The van der Waals surface area contributed by atoms with Gasteiger partial charge in [0, 0.05) is 43.8 Å². The largest absolute Gasteiger partial charge is 0.368 e. The van der Waals surface area contributed by atoms with Crippen LogP contribution < -0.4 is 10.2 Å². The molecule has 4 heteroatoms. The van der Waals surface area contributed by atoms with Crippen molar-refractivity contribution in [2.75, 3.05) is 37.6 Å². The van der Waals surface area contributed by atoms with Crippen molar-refractivity contribution in [3.05, 3.63) is 66.2 Å². The van der Waals surface area contributed by atoms with E-state index in [4.69, 9.17) is 0 Å². The van der Waals surface area contributed by atoms with Gasteiger partial charge in [-0.05, 0) is 30.5 Å². The van der Waals surface area contributed by atoms with Gasteiger partial charge in [-0.15, -0.1) is 0 Å². The van der Waals surface area contributed by atoms with E-state index in [2.05, 4.69) is 64.8 Å². The Hall–Kier alpha value is -2.49. The minimum Gasteiger partial charge on any atom is -0.368 e. The molecule has 4 rings (SSSR count). The van der Waals surface area contributed by atoms with Crippen LogP contribution in [-0.4, -0.2) is 43.7 Å². The Morgan fingerprint density at radius 3 is 2.08 bits per heavy atom. The predicted octanol–water partition coefficient (Wildman–Crippen LogP) is 3.64. The third kappa shape index (κ3) is 3.41. The number of amides is 2. The Kier molecular flexibility index (Phi) is 4.83. The van der Waals surface area contributed by atoms with Crippen LogP contribution in [0.2, 0.25) is 0 Å². The standard InChI is InChI=1S/C22H27N3O/c26-21(23-18-22(12-7-13-22)19-8-3-1-4-9-19)25-16-14-24(15-17-25)20-10-5-2-6-11-20/h1-6,8-11H,7,12-18H2,(H,23,26). The SMILES string of the molecule is O=C(NCC1(c2ccccc2)CCC1)N1CCN(c2ccccc2)CC1. The molecule has 0 radical (unpaired) electrons. The Balaban J connectivity index is 1.31. The third-order valence-electron chi connectivity index (χ3n) is 5.96. The lowest BCUT2D eigenvalue weighted by Crippen LogP contribution is -2.54. The van der Waals surface area contributed by atoms with E-state index in [0.717, 1.165) is 32.7 Å². The maximum Gasteiger partial charge on any atom is 0.317 e. The molecule has 2 amide bonds. The number of nitrogens with zero attached hydrogens (tertiary/aromatic N) is 2. The van der Waals surface area contributed by atoms with E-state index < -0.39 is 0 Å². The van der Waals surface area contributed by atoms with Crippen molar-refractivity contribution in [1.29, 1.82) is 0 Å². The molecule has 1 heterocycles. The molecule has 1 saturated carbocycles. The van der Waals surface area contributed by atoms with Gasteiger partial charge in [-0.3, -0.25) is 0 Å². The molecule has 4 nitrogen and oxygen atoms in total. The van der Waals surface area contributed by atoms with Gasteiger partial charge in [0.2, 0.25) is 0 Å². The summed E-state index contributed by atoms with van der Waals surface area (Å²) in [6, 6.07) is 21.2. The molecule has 0 unspecified atom stereocenters. The molecule has 26 heavy (non-hydrogen) atoms. The van der Waals surface area contributed by atoms with Crippen molar-refractivity contribution >= 4 is 11.7 Å². The highest BCUT2D eigenvalue weighted by molar-refractivity contribution is 5.74. The lowest BCUT2D eigenvalue weighted by Gasteiger charge is -2.43. The maximum absolute atomic E-state index is 12.7. The number of rotatable bonds is 4. The lowest BCUT2D eigenvalue weighted by molar-refractivity contribution is 0.180. The van der Waals surface area contributed by atoms with Crippen LogP contribution in [0.4, 0.5) is 10.5 Å². The summed E-state index contributed by atoms with van der Waals surface area (Å²) < 4.78 is 0. The number of carbonyl (C=O) groups is 1. The van der Waals surface area contributed by atoms with Crippen LogP contribution in [0.1, 0.15) is 24.8 Å². The summed E-state index contributed by atoms with van der Waals surface area (Å²) in [5.41, 5.74) is 2.74. The number of carbonyl (C=O) groups excluding carboxylic acids is 1. The van der Waals surface area contributed by atoms with Crippen LogP contribution in [0.5, 0.6) is 0 Å². The second-order valence-corrected chi connectivity index (χ2v) is 7.47. The van der Waals surface area contributed by atoms with Crippen molar-refractivity contribution in [3.63, 3.8) is 0 Å². The average molecular weight is 349 g/mol. The van der Waals surface area contributed by atoms with Gasteiger partial charge >= 0.3 is 6.03 Å². The molecule has 1 aliphatic heterocycles. The summed E-state index contributed by atoms with van der Waals surface area (Å²) in [4.78, 5) is 17.0. The number of hydrogen-bond acceptors (Lipinski definition) is 2. The van der Waals surface area contributed by atoms with Crippen LogP contribution >= 0.6 is 0 Å². The smallest absolute Gasteiger partial charge is 0.317 e. The van der Waals surface area contributed by atoms with Crippen molar-refractivity contribution in [3.8, 4) is 0 Å². The van der Waals surface area contributed by atoms with Gasteiger partial charge in [-0.2, -0.15) is 0 Å². The first-order valence-corrected chi connectivity index (χ1v) is 9.65. The summed E-state index contributed by atoms with van der Waals surface area (Å²) in [5.74, 6) is 0. The van der Waals surface area contributed by atoms with Gasteiger partial charge in [0.05, 0.1) is 0 Å². The Labute approximate surface area is 155 Å². The van der Waals surface area contributed by atoms with Gasteiger partial charge in [0.25, 0.3) is 0 Å². The molecule has 1 saturated heterocycles. The highest BCUT2D eigenvalue weighted by Gasteiger charge is 2.39. The summed E-state index contributed by atoms with van der Waals surface area (Å²) in [6.07, 6.45) is 3.58. The summed E-state index contributed by atoms with van der Waals surface area (Å²) in [5, 5.41) is 3.22. The second kappa shape index (κ2) is 7.40. The number of para-hydroxylation sites is 1. The van der Waals surface area contributed by atoms with E-state index in [1.807, 2.05) is 11.0 Å². The van der Waals surface area contributed by atoms with Crippen molar-refractivity contribution in [2.24, 2.45) is 0 Å². The zero-order valence-electron chi connectivity index (χ0n) is 15.2. The van der Waals surface area contributed by atoms with Crippen LogP contribution in [-0.2, 0) is 5.41 Å². The van der Waals surface area contributed by atoms with Crippen molar-refractivity contribution in [2.45, 2.75) is 24.7 Å². The number of nitrogens with one attached hydrogen (secondary N) is 1. The summed E-state index contributed by atoms with van der Waals surface area (Å²) >= 11 is 0. The van der Waals surface area contributed by atoms with Gasteiger partial charge in [-0.25, -0.2) is 4.79 Å². The van der Waals surface area contributed by atoms with Gasteiger partial charge < -0.3 is 15.1 Å². The minimum atomic E-state index is 0.0833. The Bertz CT molecular complexity index is 720. The topological polar surface area (TPSA) is 35.6 Å². The summed E-state index contributed by atoms with van der Waals surface area (Å²) in [7, 11) is 0. The van der Waals surface area contributed by atoms with E-state index in [-0.39, 0.29) is 11.4 Å². The molecule has 0 aromatic heterocycles. The monoisotopic (exact) mass is 349 g/mol. The molecule has 2 aliphatic rings. The number of hydrogen-bond donors (Lipinski definition) is 1. The molecule has 2 fully saturated rings. The number of piperazine rings is 1. The second-order valence-electron chi connectivity index (χ2n) is 7.47. The molecule has 0 bridgehead atoms. The molecule has 2 aromatic rings. The van der Waals surface area contributed by atoms with Crippen molar-refractivity contribution in [1.82, 2.24) is 10.2 Å². The zero-order chi connectivity index (χ0) is 17.8. The molecule has 2 aromatic carbocycles. The van der Waals surface area contributed by atoms with Crippen LogP contribution in [0.25, 0.3) is 0 Å². The van der Waals surface area contributed by atoms with E-state index in [0.29, 0.717) is 0 Å². The molecule has 0 spiro atoms. The first-order valence-electron chi connectivity index (χ1n) is 9.65. The van der Waals surface area contributed by atoms with Gasteiger partial charge in [0.15, 0.2) is 0 Å². The normalized spacial score (nSPS) is 18.9. The first kappa shape index (κ1) is 17.0. The fraction of sp³-hybridized carbons (Fsp3) is 0.409. The minimum absolute atomic E-state index is 0.0833. The molecular weight excluding hydrogens is 322 g/mol. The fourth-order valence-corrected chi connectivity index (χ4v) is 4.13. The average Bonchev–Trinajstić information content (AvgIpc) is 2.69. The quantitative estimate of drug-likeness (QED) is 0.915. The molecule has 1 aliphatic carbocycles. The van der Waals surface area contributed by atoms with Crippen LogP contribution in [0.15, 0.2) is 60.7 Å². The van der Waals surface area contributed by atoms with E-state index in [1.165, 1.54) is 30.5 Å². The Morgan fingerprint density at radius 1 is 0.885 bits per heavy atom. The number of benzene rings is 2. The fourth-order valence-electron chi connectivity index (χ4n) is 4.13. The molecule has 1 N–H and O–H groups in total. The highest BCUT2D eigenvalue weighted by atomic mass is 16.2. The maximum atomic E-state index is 12.7. The van der Waals surface area contributed by atoms with E-state index >= 15 is 0 Å². The van der Waals surface area contributed by atoms with E-state index in [9.17, 15) is 4.79 Å². The van der Waals surface area contributed by atoms with Crippen LogP contribution in [0, 0.1) is 0 Å². The van der Waals surface area contributed by atoms with Gasteiger partial charge in [0.1, 0.15) is 0 Å². The molecule has 136 valence electrons. The first-order chi connectivity index (χ1) is 12.8. The summed E-state index contributed by atoms with van der Waals surface area (Å²) in [6.45, 7) is 4.08. The molecular formula is C22H27N3O. The highest BCUT2D eigenvalue weighted by Crippen LogP contribution is 2.43. The third-order valence-corrected chi connectivity index (χ3v) is 5.96. The van der Waals surface area contributed by atoms with Crippen LogP contribution in [0.3, 0.4) is 0 Å². The predicted molar refractivity (Wildman–Crippen MR) is 106 cm³/mol. The van der Waals surface area contributed by atoms with Crippen molar-refractivity contribution < 1.29 is 4.79 Å². The molecule has 0 atom stereocenters. The zero-order valence-corrected chi connectivity index (χ0v) is 15.2. The lowest BCUT2D eigenvalue weighted by atomic mass is 9.64. The Morgan fingerprint density at radius 2 is 1.50 bits per heavy atom. The van der Waals surface area contributed by atoms with E-state index in [1.54, 1.807) is 0 Å². The number of anilines is 1.